The Kier molecular flexibility index (Phi) is 10.5. The van der Waals surface area contributed by atoms with Crippen molar-refractivity contribution < 1.29 is 18.3 Å². The number of amides is 1. The molecule has 218 valence electrons. The molecule has 1 fully saturated rings. The van der Waals surface area contributed by atoms with Gasteiger partial charge < -0.3 is 31.3 Å². The Morgan fingerprint density at radius 2 is 1.83 bits per heavy atom. The first kappa shape index (κ1) is 30.2. The molecule has 9 nitrogen and oxygen atoms in total. The van der Waals surface area contributed by atoms with Gasteiger partial charge in [-0.1, -0.05) is 11.8 Å². The van der Waals surface area contributed by atoms with Crippen LogP contribution in [0.4, 0.5) is 26.0 Å². The zero-order valence-electron chi connectivity index (χ0n) is 23.1. The number of carbonyl (C=O) groups excluding carboxylic acids is 1. The third-order valence-corrected chi connectivity index (χ3v) is 7.36. The highest BCUT2D eigenvalue weighted by molar-refractivity contribution is 7.99. The van der Waals surface area contributed by atoms with Gasteiger partial charge in [0, 0.05) is 59.2 Å². The fourth-order valence-corrected chi connectivity index (χ4v) is 5.24. The minimum Gasteiger partial charge on any atom is -0.385 e. The van der Waals surface area contributed by atoms with Gasteiger partial charge in [0.2, 0.25) is 0 Å². The summed E-state index contributed by atoms with van der Waals surface area (Å²) in [4.78, 5) is 20.5. The van der Waals surface area contributed by atoms with E-state index in [2.05, 4.69) is 25.8 Å². The molecule has 1 saturated heterocycles. The van der Waals surface area contributed by atoms with E-state index in [9.17, 15) is 13.6 Å². The molecule has 0 spiro atoms. The molecule has 1 aliphatic heterocycles. The van der Waals surface area contributed by atoms with Gasteiger partial charge in [-0.3, -0.25) is 10.2 Å². The number of rotatable bonds is 11. The van der Waals surface area contributed by atoms with E-state index in [-0.39, 0.29) is 23.3 Å². The lowest BCUT2D eigenvalue weighted by Crippen LogP contribution is -2.33. The van der Waals surface area contributed by atoms with E-state index in [1.54, 1.807) is 12.1 Å². The lowest BCUT2D eigenvalue weighted by Gasteiger charge is -2.25. The van der Waals surface area contributed by atoms with Crippen molar-refractivity contribution in [2.75, 3.05) is 56.8 Å². The number of amidine groups is 1. The van der Waals surface area contributed by atoms with E-state index < -0.39 is 17.5 Å². The van der Waals surface area contributed by atoms with Gasteiger partial charge in [0.25, 0.3) is 5.91 Å². The van der Waals surface area contributed by atoms with Crippen LogP contribution in [0.5, 0.6) is 0 Å². The van der Waals surface area contributed by atoms with Gasteiger partial charge in [0.15, 0.2) is 0 Å². The number of aromatic nitrogens is 1. The summed E-state index contributed by atoms with van der Waals surface area (Å²) in [7, 11) is 4.07. The van der Waals surface area contributed by atoms with Crippen molar-refractivity contribution in [2.24, 2.45) is 0 Å². The number of hydrogen-bond donors (Lipinski definition) is 5. The van der Waals surface area contributed by atoms with Crippen LogP contribution < -0.4 is 21.7 Å². The average Bonchev–Trinajstić information content (AvgIpc) is 2.92. The number of carbonyl (C=O) groups is 1. The Labute approximate surface area is 242 Å². The number of hydrogen-bond acceptors (Lipinski definition) is 9. The summed E-state index contributed by atoms with van der Waals surface area (Å²) in [5, 5.41) is 18.1. The molecule has 2 heterocycles. The quantitative estimate of drug-likeness (QED) is 0.124. The molecule has 1 amide bonds. The smallest absolute Gasteiger partial charge is 0.258 e. The maximum Gasteiger partial charge on any atom is 0.258 e. The normalized spacial score (nSPS) is 13.7. The first-order valence-electron chi connectivity index (χ1n) is 13.3. The van der Waals surface area contributed by atoms with Crippen LogP contribution in [0.1, 0.15) is 35.2 Å². The van der Waals surface area contributed by atoms with Crippen molar-refractivity contribution in [2.45, 2.75) is 35.1 Å². The minimum atomic E-state index is -0.698. The summed E-state index contributed by atoms with van der Waals surface area (Å²) < 4.78 is 32.7. The standard InChI is InChI=1S/C29H35F2N7O2S/c1-38(2)9-3-8-34-21-4-5-24(26(15-21)36-20-6-10-40-11-7-20)29(39)37-28(33)25-16-23(17-35-27(25)32)41-22-13-18(30)12-19(31)14-22/h4-5,12-17,20,34,36H,3,6-11H2,1-2H3,(H2,32,35)(H2,33,37,39). The fourth-order valence-electron chi connectivity index (χ4n) is 4.35. The summed E-state index contributed by atoms with van der Waals surface area (Å²) in [6.45, 7) is 3.04. The zero-order chi connectivity index (χ0) is 29.4. The highest BCUT2D eigenvalue weighted by atomic mass is 32.2. The predicted octanol–water partition coefficient (Wildman–Crippen LogP) is 4.80. The number of nitrogens with zero attached hydrogens (tertiary/aromatic N) is 2. The largest absolute Gasteiger partial charge is 0.385 e. The lowest BCUT2D eigenvalue weighted by atomic mass is 10.1. The van der Waals surface area contributed by atoms with Crippen LogP contribution in [0.3, 0.4) is 0 Å². The van der Waals surface area contributed by atoms with Crippen molar-refractivity contribution in [1.82, 2.24) is 15.2 Å². The molecule has 0 aliphatic carbocycles. The van der Waals surface area contributed by atoms with E-state index in [0.29, 0.717) is 34.3 Å². The highest BCUT2D eigenvalue weighted by Crippen LogP contribution is 2.30. The predicted molar refractivity (Wildman–Crippen MR) is 159 cm³/mol. The van der Waals surface area contributed by atoms with Crippen molar-refractivity contribution >= 4 is 40.7 Å². The topological polar surface area (TPSA) is 128 Å². The number of nitrogens with two attached hydrogens (primary N) is 1. The van der Waals surface area contributed by atoms with Crippen molar-refractivity contribution in [1.29, 1.82) is 5.41 Å². The third-order valence-electron chi connectivity index (χ3n) is 6.43. The van der Waals surface area contributed by atoms with Crippen LogP contribution in [0.2, 0.25) is 0 Å². The number of ether oxygens (including phenoxy) is 1. The van der Waals surface area contributed by atoms with E-state index in [1.165, 1.54) is 18.3 Å². The van der Waals surface area contributed by atoms with Crippen molar-refractivity contribution in [3.05, 3.63) is 71.4 Å². The molecule has 6 N–H and O–H groups in total. The SMILES string of the molecule is CN(C)CCCNc1ccc(C(=O)NC(=N)c2cc(Sc3cc(F)cc(F)c3)cnc2N)c(NC2CCOCC2)c1. The molecule has 1 aliphatic rings. The summed E-state index contributed by atoms with van der Waals surface area (Å²) in [5.74, 6) is -2.07. The van der Waals surface area contributed by atoms with E-state index in [1.807, 2.05) is 26.2 Å². The zero-order valence-corrected chi connectivity index (χ0v) is 23.9. The van der Waals surface area contributed by atoms with Gasteiger partial charge in [-0.2, -0.15) is 0 Å². The fraction of sp³-hybridized carbons (Fsp3) is 0.345. The number of nitrogen functional groups attached to an aromatic ring is 1. The monoisotopic (exact) mass is 583 g/mol. The van der Waals surface area contributed by atoms with Crippen LogP contribution in [0.15, 0.2) is 58.5 Å². The molecule has 0 radical (unpaired) electrons. The number of anilines is 3. The second-order valence-corrected chi connectivity index (χ2v) is 11.2. The summed E-state index contributed by atoms with van der Waals surface area (Å²) in [5.41, 5.74) is 8.15. The van der Waals surface area contributed by atoms with E-state index in [0.717, 1.165) is 55.9 Å². The Morgan fingerprint density at radius 3 is 2.54 bits per heavy atom. The molecule has 0 bridgehead atoms. The van der Waals surface area contributed by atoms with Gasteiger partial charge in [-0.05, 0) is 76.3 Å². The Hall–Kier alpha value is -3.74. The average molecular weight is 584 g/mol. The van der Waals surface area contributed by atoms with Gasteiger partial charge in [-0.25, -0.2) is 13.8 Å². The van der Waals surface area contributed by atoms with Gasteiger partial charge >= 0.3 is 0 Å². The van der Waals surface area contributed by atoms with Crippen LogP contribution in [0, 0.1) is 17.0 Å². The highest BCUT2D eigenvalue weighted by Gasteiger charge is 2.20. The molecule has 0 unspecified atom stereocenters. The minimum absolute atomic E-state index is 0.0444. The summed E-state index contributed by atoms with van der Waals surface area (Å²) in [6.07, 6.45) is 4.05. The lowest BCUT2D eigenvalue weighted by molar-refractivity contribution is 0.0904. The van der Waals surface area contributed by atoms with E-state index in [4.69, 9.17) is 15.9 Å². The van der Waals surface area contributed by atoms with Crippen LogP contribution in [-0.2, 0) is 4.74 Å². The second-order valence-electron chi connectivity index (χ2n) is 10.0. The van der Waals surface area contributed by atoms with E-state index >= 15 is 0 Å². The number of benzene rings is 2. The van der Waals surface area contributed by atoms with Crippen LogP contribution in [0.25, 0.3) is 0 Å². The van der Waals surface area contributed by atoms with Crippen LogP contribution >= 0.6 is 11.8 Å². The molecule has 12 heteroatoms. The number of halogens is 2. The summed E-state index contributed by atoms with van der Waals surface area (Å²) >= 11 is 1.07. The maximum atomic E-state index is 13.6. The molecular weight excluding hydrogens is 548 g/mol. The van der Waals surface area contributed by atoms with Crippen LogP contribution in [-0.4, -0.2) is 68.1 Å². The molecule has 0 atom stereocenters. The van der Waals surface area contributed by atoms with Gasteiger partial charge in [0.1, 0.15) is 23.3 Å². The van der Waals surface area contributed by atoms with Gasteiger partial charge in [0.05, 0.1) is 11.1 Å². The molecule has 3 aromatic rings. The molecule has 4 rings (SSSR count). The number of nitrogens with one attached hydrogen (secondary N) is 4. The molecule has 1 aromatic heterocycles. The first-order valence-corrected chi connectivity index (χ1v) is 14.2. The maximum absolute atomic E-state index is 13.6. The third kappa shape index (κ3) is 8.87. The molecular formula is C29H35F2N7O2S. The molecule has 0 saturated carbocycles. The first-order chi connectivity index (χ1) is 19.7. The van der Waals surface area contributed by atoms with Gasteiger partial charge in [-0.15, -0.1) is 0 Å². The summed E-state index contributed by atoms with van der Waals surface area (Å²) in [6, 6.07) is 10.4. The Bertz CT molecular complexity index is 1360. The number of pyridine rings is 1. The second kappa shape index (κ2) is 14.2. The van der Waals surface area contributed by atoms with Crippen molar-refractivity contribution in [3.63, 3.8) is 0 Å². The molecule has 2 aromatic carbocycles. The molecule has 41 heavy (non-hydrogen) atoms. The Balaban J connectivity index is 1.50. The van der Waals surface area contributed by atoms with Crippen molar-refractivity contribution in [3.8, 4) is 0 Å². The Morgan fingerprint density at radius 1 is 1.10 bits per heavy atom.